The van der Waals surface area contributed by atoms with Crippen molar-refractivity contribution in [3.05, 3.63) is 35.9 Å². The Morgan fingerprint density at radius 3 is 1.94 bits per heavy atom. The molecule has 0 saturated carbocycles. The lowest BCUT2D eigenvalue weighted by Crippen LogP contribution is -2.58. The molecule has 13 heteroatoms. The summed E-state index contributed by atoms with van der Waals surface area (Å²) in [6.45, 7) is -0.475. The van der Waals surface area contributed by atoms with Crippen molar-refractivity contribution in [3.8, 4) is 0 Å². The lowest BCUT2D eigenvalue weighted by Gasteiger charge is -2.24. The molecule has 0 aliphatic carbocycles. The van der Waals surface area contributed by atoms with Gasteiger partial charge in [-0.05, 0) is 31.4 Å². The smallest absolute Gasteiger partial charge is 0.326 e. The Morgan fingerprint density at radius 1 is 0.829 bits per heavy atom. The largest absolute Gasteiger partial charge is 0.481 e. The average molecular weight is 496 g/mol. The molecule has 4 unspecified atom stereocenters. The lowest BCUT2D eigenvalue weighted by molar-refractivity contribution is -0.142. The maximum Gasteiger partial charge on any atom is 0.326 e. The summed E-state index contributed by atoms with van der Waals surface area (Å²) in [6, 6.07) is 3.14. The van der Waals surface area contributed by atoms with Gasteiger partial charge < -0.3 is 42.7 Å². The normalized spacial score (nSPS) is 14.1. The van der Waals surface area contributed by atoms with E-state index >= 15 is 0 Å². The number of aliphatic carboxylic acids is 2. The third kappa shape index (κ3) is 10.9. The molecule has 1 aromatic carbocycles. The van der Waals surface area contributed by atoms with Crippen LogP contribution in [0.1, 0.15) is 31.2 Å². The molecule has 10 N–H and O–H groups in total. The minimum atomic E-state index is -1.50. The van der Waals surface area contributed by atoms with Gasteiger partial charge >= 0.3 is 11.9 Å². The summed E-state index contributed by atoms with van der Waals surface area (Å²) in [5.74, 6) is -5.24. The van der Waals surface area contributed by atoms with E-state index in [1.165, 1.54) is 0 Å². The van der Waals surface area contributed by atoms with Crippen LogP contribution in [0.25, 0.3) is 0 Å². The number of hydrogen-bond acceptors (Lipinski definition) is 8. The fraction of sp³-hybridized carbons (Fsp3) is 0.500. The topological polar surface area (TPSA) is 234 Å². The van der Waals surface area contributed by atoms with Crippen molar-refractivity contribution in [3.63, 3.8) is 0 Å². The van der Waals surface area contributed by atoms with Gasteiger partial charge in [0.2, 0.25) is 17.7 Å². The molecular weight excluding hydrogens is 462 g/mol. The molecule has 0 bridgehead atoms. The minimum absolute atomic E-state index is 0.0190. The monoisotopic (exact) mass is 495 g/mol. The predicted molar refractivity (Wildman–Crippen MR) is 124 cm³/mol. The number of carboxylic acids is 2. The number of benzene rings is 1. The van der Waals surface area contributed by atoms with Crippen molar-refractivity contribution in [1.82, 2.24) is 16.0 Å². The molecule has 0 aromatic heterocycles. The Hall–Kier alpha value is -3.55. The molecule has 194 valence electrons. The van der Waals surface area contributed by atoms with E-state index in [2.05, 4.69) is 16.0 Å². The Kier molecular flexibility index (Phi) is 12.9. The second-order valence-corrected chi connectivity index (χ2v) is 7.88. The van der Waals surface area contributed by atoms with Crippen LogP contribution in [0.3, 0.4) is 0 Å². The first-order chi connectivity index (χ1) is 16.6. The second-order valence-electron chi connectivity index (χ2n) is 7.88. The van der Waals surface area contributed by atoms with Crippen molar-refractivity contribution in [2.24, 2.45) is 11.5 Å². The van der Waals surface area contributed by atoms with E-state index in [-0.39, 0.29) is 12.8 Å². The molecule has 1 aromatic rings. The van der Waals surface area contributed by atoms with Crippen LogP contribution in [0, 0.1) is 0 Å². The molecule has 0 heterocycles. The van der Waals surface area contributed by atoms with Gasteiger partial charge in [-0.25, -0.2) is 4.79 Å². The number of amides is 3. The average Bonchev–Trinajstić information content (AvgIpc) is 2.81. The predicted octanol–water partition coefficient (Wildman–Crippen LogP) is -2.31. The van der Waals surface area contributed by atoms with Crippen LogP contribution in [0.2, 0.25) is 0 Å². The first-order valence-electron chi connectivity index (χ1n) is 11.0. The molecule has 3 amide bonds. The fourth-order valence-corrected chi connectivity index (χ4v) is 3.11. The zero-order valence-electron chi connectivity index (χ0n) is 19.2. The van der Waals surface area contributed by atoms with E-state index in [0.29, 0.717) is 24.9 Å². The SMILES string of the molecule is NCCCCC(NC(=O)C(CO)NC(=O)C(Cc1ccccc1)NC(=O)C(N)CC(=O)O)C(=O)O. The number of unbranched alkanes of at least 4 members (excludes halogenated alkanes) is 1. The summed E-state index contributed by atoms with van der Waals surface area (Å²) in [5.41, 5.74) is 11.6. The highest BCUT2D eigenvalue weighted by molar-refractivity contribution is 5.94. The van der Waals surface area contributed by atoms with Crippen LogP contribution >= 0.6 is 0 Å². The molecule has 1 rings (SSSR count). The van der Waals surface area contributed by atoms with Crippen LogP contribution in [0.5, 0.6) is 0 Å². The van der Waals surface area contributed by atoms with E-state index in [0.717, 1.165) is 0 Å². The third-order valence-electron chi connectivity index (χ3n) is 5.02. The number of hydrogen-bond donors (Lipinski definition) is 8. The zero-order chi connectivity index (χ0) is 26.4. The highest BCUT2D eigenvalue weighted by Crippen LogP contribution is 2.06. The van der Waals surface area contributed by atoms with Gasteiger partial charge in [-0.1, -0.05) is 30.3 Å². The van der Waals surface area contributed by atoms with E-state index < -0.39 is 66.9 Å². The number of carbonyl (C=O) groups is 5. The van der Waals surface area contributed by atoms with Gasteiger partial charge in [0.1, 0.15) is 18.1 Å². The number of nitrogens with two attached hydrogens (primary N) is 2. The fourth-order valence-electron chi connectivity index (χ4n) is 3.11. The molecule has 35 heavy (non-hydrogen) atoms. The van der Waals surface area contributed by atoms with E-state index in [1.807, 2.05) is 0 Å². The molecule has 0 aliphatic rings. The van der Waals surface area contributed by atoms with Crippen LogP contribution in [0.4, 0.5) is 0 Å². The van der Waals surface area contributed by atoms with E-state index in [4.69, 9.17) is 16.6 Å². The van der Waals surface area contributed by atoms with Gasteiger partial charge in [0.05, 0.1) is 19.1 Å². The maximum atomic E-state index is 12.9. The van der Waals surface area contributed by atoms with Crippen molar-refractivity contribution in [1.29, 1.82) is 0 Å². The van der Waals surface area contributed by atoms with Crippen molar-refractivity contribution in [2.45, 2.75) is 56.3 Å². The zero-order valence-corrected chi connectivity index (χ0v) is 19.2. The first-order valence-corrected chi connectivity index (χ1v) is 11.0. The summed E-state index contributed by atoms with van der Waals surface area (Å²) in [6.07, 6.45) is 0.442. The molecule has 0 fully saturated rings. The Balaban J connectivity index is 2.94. The van der Waals surface area contributed by atoms with Gasteiger partial charge in [0.15, 0.2) is 0 Å². The number of rotatable bonds is 16. The lowest BCUT2D eigenvalue weighted by atomic mass is 10.0. The number of carboxylic acid groups (broad SMARTS) is 2. The van der Waals surface area contributed by atoms with Crippen LogP contribution < -0.4 is 27.4 Å². The quantitative estimate of drug-likeness (QED) is 0.114. The maximum absolute atomic E-state index is 12.9. The highest BCUT2D eigenvalue weighted by Gasteiger charge is 2.30. The number of carbonyl (C=O) groups excluding carboxylic acids is 3. The molecule has 0 radical (unpaired) electrons. The molecule has 4 atom stereocenters. The highest BCUT2D eigenvalue weighted by atomic mass is 16.4. The Labute approximate surface area is 202 Å². The van der Waals surface area contributed by atoms with E-state index in [9.17, 15) is 34.2 Å². The van der Waals surface area contributed by atoms with Crippen LogP contribution in [-0.2, 0) is 30.4 Å². The Bertz CT molecular complexity index is 867. The number of aliphatic hydroxyl groups excluding tert-OH is 1. The third-order valence-corrected chi connectivity index (χ3v) is 5.02. The summed E-state index contributed by atoms with van der Waals surface area (Å²) >= 11 is 0. The summed E-state index contributed by atoms with van der Waals surface area (Å²) in [7, 11) is 0. The van der Waals surface area contributed by atoms with Crippen LogP contribution in [0.15, 0.2) is 30.3 Å². The van der Waals surface area contributed by atoms with Gasteiger partial charge in [0, 0.05) is 6.42 Å². The number of nitrogens with one attached hydrogen (secondary N) is 3. The standard InChI is InChI=1S/C22H33N5O8/c23-9-5-4-8-15(22(34)35)25-21(33)17(12-28)27-20(32)16(10-13-6-2-1-3-7-13)26-19(31)14(24)11-18(29)30/h1-3,6-7,14-17,28H,4-5,8-12,23-24H2,(H,25,33)(H,26,31)(H,27,32)(H,29,30)(H,34,35). The molecule has 0 spiro atoms. The van der Waals surface area contributed by atoms with Crippen molar-refractivity contribution in [2.75, 3.05) is 13.2 Å². The summed E-state index contributed by atoms with van der Waals surface area (Å²) < 4.78 is 0. The van der Waals surface area contributed by atoms with Crippen molar-refractivity contribution >= 4 is 29.7 Å². The Morgan fingerprint density at radius 2 is 1.40 bits per heavy atom. The van der Waals surface area contributed by atoms with Gasteiger partial charge in [0.25, 0.3) is 0 Å². The molecule has 0 aliphatic heterocycles. The van der Waals surface area contributed by atoms with Gasteiger partial charge in [-0.3, -0.25) is 19.2 Å². The van der Waals surface area contributed by atoms with Gasteiger partial charge in [-0.2, -0.15) is 0 Å². The molecular formula is C22H33N5O8. The summed E-state index contributed by atoms with van der Waals surface area (Å²) in [5, 5.41) is 34.8. The first kappa shape index (κ1) is 29.5. The van der Waals surface area contributed by atoms with Crippen molar-refractivity contribution < 1.29 is 39.3 Å². The number of aliphatic hydroxyl groups is 1. The minimum Gasteiger partial charge on any atom is -0.481 e. The summed E-state index contributed by atoms with van der Waals surface area (Å²) in [4.78, 5) is 60.1. The molecule has 0 saturated heterocycles. The van der Waals surface area contributed by atoms with Crippen LogP contribution in [-0.4, -0.2) is 82.3 Å². The molecule has 13 nitrogen and oxygen atoms in total. The van der Waals surface area contributed by atoms with Gasteiger partial charge in [-0.15, -0.1) is 0 Å². The second kappa shape index (κ2) is 15.4. The van der Waals surface area contributed by atoms with E-state index in [1.54, 1.807) is 30.3 Å².